The van der Waals surface area contributed by atoms with E-state index in [-0.39, 0.29) is 12.3 Å². The summed E-state index contributed by atoms with van der Waals surface area (Å²) >= 11 is 3.60. The lowest BCUT2D eigenvalue weighted by Crippen LogP contribution is -2.33. The Morgan fingerprint density at radius 3 is 2.56 bits per heavy atom. The van der Waals surface area contributed by atoms with Crippen molar-refractivity contribution < 1.29 is 18.9 Å². The maximum absolute atomic E-state index is 6.45. The molecule has 2 heterocycles. The van der Waals surface area contributed by atoms with Gasteiger partial charge in [0.1, 0.15) is 11.5 Å². The number of ether oxygens (including phenoxy) is 4. The average Bonchev–Trinajstić information content (AvgIpc) is 3.29. The number of methoxy groups -OCH3 is 3. The normalized spacial score (nSPS) is 18.9. The Balaban J connectivity index is 1.59. The summed E-state index contributed by atoms with van der Waals surface area (Å²) in [6.07, 6.45) is 0.393. The first-order chi connectivity index (χ1) is 15.6. The zero-order valence-corrected chi connectivity index (χ0v) is 19.6. The molecule has 2 aliphatic rings. The first-order valence-corrected chi connectivity index (χ1v) is 11.1. The highest BCUT2D eigenvalue weighted by Gasteiger charge is 2.41. The lowest BCUT2D eigenvalue weighted by molar-refractivity contribution is -0.0191. The second kappa shape index (κ2) is 8.39. The van der Waals surface area contributed by atoms with Crippen LogP contribution in [0.1, 0.15) is 35.4 Å². The molecular weight excluding hydrogens is 472 g/mol. The number of benzene rings is 3. The van der Waals surface area contributed by atoms with Gasteiger partial charge in [0, 0.05) is 27.6 Å². The van der Waals surface area contributed by atoms with Gasteiger partial charge in [-0.05, 0) is 48.5 Å². The molecule has 7 heteroatoms. The van der Waals surface area contributed by atoms with Crippen LogP contribution in [-0.2, 0) is 0 Å². The first kappa shape index (κ1) is 20.7. The minimum absolute atomic E-state index is 0.0514. The van der Waals surface area contributed by atoms with Gasteiger partial charge in [-0.25, -0.2) is 5.01 Å². The first-order valence-electron chi connectivity index (χ1n) is 10.3. The Morgan fingerprint density at radius 2 is 1.78 bits per heavy atom. The fourth-order valence-electron chi connectivity index (χ4n) is 4.26. The van der Waals surface area contributed by atoms with Gasteiger partial charge in [0.05, 0.1) is 33.1 Å². The summed E-state index contributed by atoms with van der Waals surface area (Å²) in [6, 6.07) is 20.0. The van der Waals surface area contributed by atoms with E-state index < -0.39 is 0 Å². The van der Waals surface area contributed by atoms with Gasteiger partial charge in [-0.3, -0.25) is 0 Å². The Labute approximate surface area is 195 Å². The highest BCUT2D eigenvalue weighted by atomic mass is 79.9. The third-order valence-electron chi connectivity index (χ3n) is 5.85. The van der Waals surface area contributed by atoms with Gasteiger partial charge >= 0.3 is 0 Å². The zero-order chi connectivity index (χ0) is 22.2. The highest BCUT2D eigenvalue weighted by molar-refractivity contribution is 9.10. The minimum Gasteiger partial charge on any atom is -0.497 e. The van der Waals surface area contributed by atoms with Gasteiger partial charge in [0.15, 0.2) is 11.5 Å². The Bertz CT molecular complexity index is 1200. The van der Waals surface area contributed by atoms with Crippen molar-refractivity contribution in [2.75, 3.05) is 21.3 Å². The van der Waals surface area contributed by atoms with Crippen LogP contribution >= 0.6 is 15.9 Å². The van der Waals surface area contributed by atoms with Gasteiger partial charge in [-0.1, -0.05) is 28.1 Å². The fraction of sp³-hybridized carbons (Fsp3) is 0.240. The number of rotatable bonds is 5. The Kier molecular flexibility index (Phi) is 5.43. The number of hydrogen-bond acceptors (Lipinski definition) is 6. The number of halogens is 1. The molecule has 3 aromatic carbocycles. The van der Waals surface area contributed by atoms with Crippen LogP contribution in [0.4, 0.5) is 0 Å². The van der Waals surface area contributed by atoms with E-state index in [4.69, 9.17) is 24.0 Å². The quantitative estimate of drug-likeness (QED) is 0.454. The SMILES string of the molecule is COc1cccc([C@@H]2Oc3ccc(Br)cc3[C@H]3CC(c4ccc(OC)c(OC)c4)=NN32)c1. The molecule has 0 N–H and O–H groups in total. The van der Waals surface area contributed by atoms with Crippen LogP contribution in [-0.4, -0.2) is 32.0 Å². The van der Waals surface area contributed by atoms with Gasteiger partial charge in [-0.2, -0.15) is 5.10 Å². The summed E-state index contributed by atoms with van der Waals surface area (Å²) in [5, 5.41) is 7.08. The molecule has 0 aromatic heterocycles. The van der Waals surface area contributed by atoms with Crippen LogP contribution in [0.2, 0.25) is 0 Å². The van der Waals surface area contributed by atoms with Crippen molar-refractivity contribution in [3.8, 4) is 23.0 Å². The summed E-state index contributed by atoms with van der Waals surface area (Å²) < 4.78 is 23.8. The zero-order valence-electron chi connectivity index (χ0n) is 18.0. The van der Waals surface area contributed by atoms with E-state index in [1.54, 1.807) is 21.3 Å². The van der Waals surface area contributed by atoms with Crippen LogP contribution in [0.3, 0.4) is 0 Å². The third kappa shape index (κ3) is 3.56. The van der Waals surface area contributed by atoms with Crippen molar-refractivity contribution in [3.63, 3.8) is 0 Å². The van der Waals surface area contributed by atoms with Crippen molar-refractivity contribution >= 4 is 21.6 Å². The van der Waals surface area contributed by atoms with E-state index in [0.29, 0.717) is 11.5 Å². The van der Waals surface area contributed by atoms with Crippen LogP contribution in [0.25, 0.3) is 0 Å². The Hall–Kier alpha value is -3.19. The van der Waals surface area contributed by atoms with Gasteiger partial charge in [0.2, 0.25) is 6.23 Å². The summed E-state index contributed by atoms with van der Waals surface area (Å²) in [5.74, 6) is 3.03. The molecule has 0 spiro atoms. The predicted octanol–water partition coefficient (Wildman–Crippen LogP) is 5.72. The topological polar surface area (TPSA) is 52.5 Å². The number of nitrogens with zero attached hydrogens (tertiary/aromatic N) is 2. The predicted molar refractivity (Wildman–Crippen MR) is 126 cm³/mol. The second-order valence-corrected chi connectivity index (χ2v) is 8.56. The van der Waals surface area contributed by atoms with E-state index in [0.717, 1.165) is 44.8 Å². The monoisotopic (exact) mass is 494 g/mol. The van der Waals surface area contributed by atoms with Crippen LogP contribution < -0.4 is 18.9 Å². The van der Waals surface area contributed by atoms with Crippen LogP contribution in [0.15, 0.2) is 70.2 Å². The molecule has 0 aliphatic carbocycles. The average molecular weight is 495 g/mol. The van der Waals surface area contributed by atoms with Gasteiger partial charge < -0.3 is 18.9 Å². The molecule has 3 aromatic rings. The largest absolute Gasteiger partial charge is 0.497 e. The molecule has 2 atom stereocenters. The fourth-order valence-corrected chi connectivity index (χ4v) is 4.64. The maximum Gasteiger partial charge on any atom is 0.214 e. The molecule has 32 heavy (non-hydrogen) atoms. The summed E-state index contributed by atoms with van der Waals surface area (Å²) in [4.78, 5) is 0. The lowest BCUT2D eigenvalue weighted by atomic mass is 9.95. The van der Waals surface area contributed by atoms with Crippen molar-refractivity contribution in [2.45, 2.75) is 18.7 Å². The highest BCUT2D eigenvalue weighted by Crippen LogP contribution is 2.48. The van der Waals surface area contributed by atoms with Crippen LogP contribution in [0.5, 0.6) is 23.0 Å². The van der Waals surface area contributed by atoms with E-state index in [2.05, 4.69) is 27.0 Å². The molecule has 5 rings (SSSR count). The third-order valence-corrected chi connectivity index (χ3v) is 6.34. The smallest absolute Gasteiger partial charge is 0.214 e. The van der Waals surface area contributed by atoms with Gasteiger partial charge in [-0.15, -0.1) is 0 Å². The summed E-state index contributed by atoms with van der Waals surface area (Å²) in [5.41, 5.74) is 4.07. The molecule has 0 saturated carbocycles. The van der Waals surface area contributed by atoms with E-state index in [9.17, 15) is 0 Å². The van der Waals surface area contributed by atoms with Gasteiger partial charge in [0.25, 0.3) is 0 Å². The summed E-state index contributed by atoms with van der Waals surface area (Å²) in [7, 11) is 4.94. The van der Waals surface area contributed by atoms with Crippen LogP contribution in [0, 0.1) is 0 Å². The molecule has 0 bridgehead atoms. The molecule has 0 saturated heterocycles. The van der Waals surface area contributed by atoms with Crippen molar-refractivity contribution in [1.29, 1.82) is 0 Å². The molecular formula is C25H23BrN2O4. The molecule has 0 fully saturated rings. The van der Waals surface area contributed by atoms with E-state index in [1.165, 1.54) is 0 Å². The second-order valence-electron chi connectivity index (χ2n) is 7.65. The molecule has 6 nitrogen and oxygen atoms in total. The molecule has 2 aliphatic heterocycles. The molecule has 164 valence electrons. The van der Waals surface area contributed by atoms with Crippen molar-refractivity contribution in [3.05, 3.63) is 81.8 Å². The lowest BCUT2D eigenvalue weighted by Gasteiger charge is -2.38. The number of fused-ring (bicyclic) bond motifs is 3. The minimum atomic E-state index is -0.360. The van der Waals surface area contributed by atoms with E-state index >= 15 is 0 Å². The number of hydrogen-bond donors (Lipinski definition) is 0. The van der Waals surface area contributed by atoms with Crippen molar-refractivity contribution in [1.82, 2.24) is 5.01 Å². The summed E-state index contributed by atoms with van der Waals surface area (Å²) in [6.45, 7) is 0. The molecule has 0 unspecified atom stereocenters. The van der Waals surface area contributed by atoms with E-state index in [1.807, 2.05) is 54.6 Å². The van der Waals surface area contributed by atoms with Crippen molar-refractivity contribution in [2.24, 2.45) is 5.10 Å². The molecule has 0 amide bonds. The molecule has 0 radical (unpaired) electrons. The number of hydrazone groups is 1. The maximum atomic E-state index is 6.45. The standard InChI is InChI=1S/C25H23BrN2O4/c1-29-18-6-4-5-16(11-18)25-28-21(19-13-17(26)8-10-22(19)32-25)14-20(27-28)15-7-9-23(30-2)24(12-15)31-3/h4-13,21,25H,14H2,1-3H3/t21-,25+/m1/s1. The Morgan fingerprint density at radius 1 is 0.938 bits per heavy atom.